The van der Waals surface area contributed by atoms with Crippen molar-refractivity contribution < 1.29 is 42.3 Å². The van der Waals surface area contributed by atoms with Crippen LogP contribution in [0.3, 0.4) is 0 Å². The van der Waals surface area contributed by atoms with Crippen LogP contribution in [0.25, 0.3) is 0 Å². The summed E-state index contributed by atoms with van der Waals surface area (Å²) in [5.41, 5.74) is 0. The Bertz CT molecular complexity index is 127. The molecule has 0 bridgehead atoms. The number of hydrogen-bond donors (Lipinski definition) is 0. The van der Waals surface area contributed by atoms with Crippen LogP contribution in [0.4, 0.5) is 4.79 Å². The van der Waals surface area contributed by atoms with Gasteiger partial charge in [-0.15, -0.1) is 0 Å². The number of carbonyl (C=O) groups excluding carboxylic acids is 2. The first kappa shape index (κ1) is 12.7. The van der Waals surface area contributed by atoms with E-state index >= 15 is 0 Å². The van der Waals surface area contributed by atoms with Gasteiger partial charge in [-0.05, 0) is 14.1 Å². The first-order valence-corrected chi connectivity index (χ1v) is 2.29. The quantitative estimate of drug-likeness (QED) is 0.451. The third kappa shape index (κ3) is 3.96. The summed E-state index contributed by atoms with van der Waals surface area (Å²) >= 11 is 0. The summed E-state index contributed by atoms with van der Waals surface area (Å²) in [4.78, 5) is 22.2. The molecular weight excluding hydrogens is 209 g/mol. The van der Waals surface area contributed by atoms with Crippen molar-refractivity contribution in [2.75, 3.05) is 14.1 Å². The van der Waals surface area contributed by atoms with Gasteiger partial charge in [-0.1, -0.05) is 0 Å². The number of rotatable bonds is 1. The molecule has 0 rings (SSSR count). The van der Waals surface area contributed by atoms with Gasteiger partial charge in [0.2, 0.25) is 0 Å². The molecule has 10 heavy (non-hydrogen) atoms. The van der Waals surface area contributed by atoms with Crippen molar-refractivity contribution in [2.45, 2.75) is 0 Å². The largest absolute Gasteiger partial charge is 0.560 e. The number of carbonyl (C=O) groups is 1. The van der Waals surface area contributed by atoms with E-state index in [4.69, 9.17) is 0 Å². The van der Waals surface area contributed by atoms with Crippen LogP contribution < -0.4 is 0 Å². The molecule has 0 N–H and O–H groups in total. The van der Waals surface area contributed by atoms with Crippen molar-refractivity contribution in [3.8, 4) is 0 Å². The smallest absolute Gasteiger partial charge is 0.136 e. The van der Waals surface area contributed by atoms with Gasteiger partial charge in [0.25, 0.3) is 0 Å². The summed E-state index contributed by atoms with van der Waals surface area (Å²) in [6.07, 6.45) is 1.40. The van der Waals surface area contributed by atoms with Crippen molar-refractivity contribution in [2.24, 2.45) is 0 Å². The molecule has 0 aromatic heterocycles. The Hall–Kier alpha value is 0.0439. The monoisotopic (exact) mass is 217 g/mol. The average molecular weight is 217 g/mol. The summed E-state index contributed by atoms with van der Waals surface area (Å²) in [7, 11) is 6.04. The Labute approximate surface area is 85.4 Å². The van der Waals surface area contributed by atoms with Gasteiger partial charge in [0.05, 0.1) is 6.41 Å². The zero-order valence-electron chi connectivity index (χ0n) is 6.00. The fourth-order valence-corrected chi connectivity index (χ4v) is 0.295. The molecule has 0 saturated heterocycles. The van der Waals surface area contributed by atoms with Crippen LogP contribution in [0, 0.1) is 7.05 Å². The molecule has 1 radical (unpaired) electrons. The number of hydrogen-bond acceptors (Lipinski definition) is 2. The molecule has 5 heteroatoms. The molecule has 0 aliphatic carbocycles. The second-order valence-electron chi connectivity index (χ2n) is 1.63. The molecule has 0 heterocycles. The van der Waals surface area contributed by atoms with Gasteiger partial charge in [-0.25, -0.2) is 0 Å². The van der Waals surface area contributed by atoms with Gasteiger partial charge in [-0.3, -0.25) is 7.05 Å². The molecule has 0 saturated carbocycles. The topological polar surface area (TPSA) is 40.6 Å². The van der Waals surface area contributed by atoms with E-state index in [-0.39, 0.29) is 32.7 Å². The van der Waals surface area contributed by atoms with E-state index in [2.05, 4.69) is 7.05 Å². The van der Waals surface area contributed by atoms with E-state index in [9.17, 15) is 9.59 Å². The third-order valence-electron chi connectivity index (χ3n) is 0.750. The predicted molar refractivity (Wildman–Crippen MR) is 32.0 cm³/mol. The molecule has 0 aromatic carbocycles. The zero-order chi connectivity index (χ0) is 7.44. The third-order valence-corrected chi connectivity index (χ3v) is 0.750. The van der Waals surface area contributed by atoms with E-state index in [1.807, 2.05) is 0 Å². The molecule has 0 unspecified atom stereocenters. The van der Waals surface area contributed by atoms with Crippen LogP contribution >= 0.6 is 0 Å². The molecule has 0 aliphatic rings. The summed E-state index contributed by atoms with van der Waals surface area (Å²) in [5.74, 6) is 0. The Morgan fingerprint density at radius 3 is 2.00 bits per heavy atom. The number of amides is 3. The van der Waals surface area contributed by atoms with E-state index in [0.29, 0.717) is 0 Å². The summed E-state index contributed by atoms with van der Waals surface area (Å²) in [5, 5.41) is 0. The standard InChI is InChI=1S/C5H8N2O2.Y/c1-6(2)5(9)7(3)4-8;/h1H2,2-3H3;/q-2;. The van der Waals surface area contributed by atoms with Gasteiger partial charge in [0.1, 0.15) is 6.03 Å². The molecule has 0 fully saturated rings. The molecule has 0 aliphatic heterocycles. The molecule has 55 valence electrons. The van der Waals surface area contributed by atoms with Crippen molar-refractivity contribution in [1.29, 1.82) is 0 Å². The second-order valence-corrected chi connectivity index (χ2v) is 1.63. The maximum absolute atomic E-state index is 10.6. The fraction of sp³-hybridized carbons (Fsp3) is 0.400. The summed E-state index contributed by atoms with van der Waals surface area (Å²) in [6, 6.07) is -0.481. The molecule has 0 spiro atoms. The molecular formula is C5H8N2O2Y-2. The summed E-state index contributed by atoms with van der Waals surface area (Å²) < 4.78 is 0. The zero-order valence-corrected chi connectivity index (χ0v) is 8.83. The van der Waals surface area contributed by atoms with Gasteiger partial charge in [0, 0.05) is 32.7 Å². The molecule has 4 nitrogen and oxygen atoms in total. The van der Waals surface area contributed by atoms with E-state index in [1.54, 1.807) is 0 Å². The number of urea groups is 1. The Morgan fingerprint density at radius 1 is 1.50 bits per heavy atom. The van der Waals surface area contributed by atoms with Gasteiger partial charge in [0.15, 0.2) is 0 Å². The fourth-order valence-electron chi connectivity index (χ4n) is 0.295. The minimum atomic E-state index is -0.481. The molecule has 0 aromatic rings. The van der Waals surface area contributed by atoms with Crippen LogP contribution in [0.2, 0.25) is 0 Å². The van der Waals surface area contributed by atoms with Crippen molar-refractivity contribution >= 4 is 12.4 Å². The van der Waals surface area contributed by atoms with Crippen molar-refractivity contribution in [3.05, 3.63) is 7.05 Å². The van der Waals surface area contributed by atoms with E-state index in [1.165, 1.54) is 20.5 Å². The van der Waals surface area contributed by atoms with Gasteiger partial charge < -0.3 is 19.4 Å². The Morgan fingerprint density at radius 2 is 1.90 bits per heavy atom. The first-order chi connectivity index (χ1) is 4.09. The minimum Gasteiger partial charge on any atom is -0.560 e. The first-order valence-electron chi connectivity index (χ1n) is 2.29. The second kappa shape index (κ2) is 5.80. The van der Waals surface area contributed by atoms with E-state index in [0.717, 1.165) is 9.80 Å². The van der Waals surface area contributed by atoms with Crippen molar-refractivity contribution in [3.63, 3.8) is 0 Å². The minimum absolute atomic E-state index is 0. The van der Waals surface area contributed by atoms with E-state index < -0.39 is 6.03 Å². The van der Waals surface area contributed by atoms with Gasteiger partial charge in [-0.2, -0.15) is 0 Å². The van der Waals surface area contributed by atoms with Crippen LogP contribution in [-0.2, 0) is 37.5 Å². The SMILES string of the molecule is [CH2-]N(C)C(=O)N(C)[C-]=O.[Y]. The van der Waals surface area contributed by atoms with Gasteiger partial charge >= 0.3 is 0 Å². The van der Waals surface area contributed by atoms with Crippen LogP contribution in [0.15, 0.2) is 0 Å². The van der Waals surface area contributed by atoms with Crippen molar-refractivity contribution in [1.82, 2.24) is 9.80 Å². The Balaban J connectivity index is 0. The molecule has 0 atom stereocenters. The van der Waals surface area contributed by atoms with Crippen LogP contribution in [0.5, 0.6) is 0 Å². The van der Waals surface area contributed by atoms with Crippen LogP contribution in [0.1, 0.15) is 0 Å². The number of nitrogens with zero attached hydrogens (tertiary/aromatic N) is 2. The predicted octanol–water partition coefficient (Wildman–Crippen LogP) is -0.174. The Kier molecular flexibility index (Phi) is 7.36. The summed E-state index contributed by atoms with van der Waals surface area (Å²) in [6.45, 7) is 0. The van der Waals surface area contributed by atoms with Crippen LogP contribution in [-0.4, -0.2) is 36.3 Å². The maximum atomic E-state index is 10.6. The molecule has 3 amide bonds. The average Bonchev–Trinajstić information content (AvgIpc) is 1.84. The number of imide groups is 1. The maximum Gasteiger partial charge on any atom is 0.136 e. The normalized spacial score (nSPS) is 7.50.